The number of hydrogen-bond donors (Lipinski definition) is 2. The Labute approximate surface area is 216 Å². The summed E-state index contributed by atoms with van der Waals surface area (Å²) in [6.07, 6.45) is 0.559. The zero-order chi connectivity index (χ0) is 25.5. The van der Waals surface area contributed by atoms with Crippen LogP contribution < -0.4 is 15.8 Å². The van der Waals surface area contributed by atoms with E-state index in [9.17, 15) is 9.59 Å². The molecule has 4 rings (SSSR count). The summed E-state index contributed by atoms with van der Waals surface area (Å²) in [6.45, 7) is 4.77. The summed E-state index contributed by atoms with van der Waals surface area (Å²) < 4.78 is 5.32. The van der Waals surface area contributed by atoms with Crippen molar-refractivity contribution in [3.8, 4) is 5.75 Å². The monoisotopic (exact) mass is 506 g/mol. The fourth-order valence-corrected chi connectivity index (χ4v) is 5.36. The van der Waals surface area contributed by atoms with Crippen molar-refractivity contribution in [1.82, 2.24) is 15.1 Å². The molecule has 2 heterocycles. The number of methoxy groups -OCH3 is 1. The molecule has 2 unspecified atom stereocenters. The average molecular weight is 507 g/mol. The van der Waals surface area contributed by atoms with Crippen LogP contribution in [0.15, 0.2) is 66.0 Å². The number of rotatable bonds is 10. The maximum absolute atomic E-state index is 13.6. The van der Waals surface area contributed by atoms with Gasteiger partial charge in [-0.1, -0.05) is 42.0 Å². The SMILES string of the molecule is COc1cccc(C(=O)N2CC(N(Cc3ccc(C)cc3)Cc3cccs3)CC2C(=O)NCCN)c1. The molecule has 0 aliphatic carbocycles. The van der Waals surface area contributed by atoms with Crippen molar-refractivity contribution in [1.29, 1.82) is 0 Å². The summed E-state index contributed by atoms with van der Waals surface area (Å²) in [5.41, 5.74) is 8.56. The first-order valence-corrected chi connectivity index (χ1v) is 13.1. The van der Waals surface area contributed by atoms with Gasteiger partial charge >= 0.3 is 0 Å². The lowest BCUT2D eigenvalue weighted by Gasteiger charge is -2.29. The predicted octanol–water partition coefficient (Wildman–Crippen LogP) is 3.43. The first-order chi connectivity index (χ1) is 17.5. The van der Waals surface area contributed by atoms with Crippen molar-refractivity contribution in [2.45, 2.75) is 38.5 Å². The molecule has 0 radical (unpaired) electrons. The first-order valence-electron chi connectivity index (χ1n) is 12.2. The minimum absolute atomic E-state index is 0.0246. The van der Waals surface area contributed by atoms with E-state index in [1.807, 2.05) is 0 Å². The first kappa shape index (κ1) is 25.9. The van der Waals surface area contributed by atoms with Gasteiger partial charge in [0, 0.05) is 49.2 Å². The van der Waals surface area contributed by atoms with Gasteiger partial charge in [-0.05, 0) is 48.6 Å². The lowest BCUT2D eigenvalue weighted by Crippen LogP contribution is -2.47. The van der Waals surface area contributed by atoms with E-state index in [0.717, 1.165) is 13.1 Å². The van der Waals surface area contributed by atoms with Crippen LogP contribution in [0.5, 0.6) is 5.75 Å². The number of aryl methyl sites for hydroxylation is 1. The van der Waals surface area contributed by atoms with E-state index in [1.165, 1.54) is 16.0 Å². The van der Waals surface area contributed by atoms with Gasteiger partial charge in [0.15, 0.2) is 0 Å². The Hall–Kier alpha value is -3.20. The van der Waals surface area contributed by atoms with Crippen LogP contribution in [-0.2, 0) is 17.9 Å². The Balaban J connectivity index is 1.61. The zero-order valence-electron chi connectivity index (χ0n) is 20.9. The Kier molecular flexibility index (Phi) is 8.74. The van der Waals surface area contributed by atoms with Crippen LogP contribution in [0.4, 0.5) is 0 Å². The van der Waals surface area contributed by atoms with E-state index in [0.29, 0.717) is 37.4 Å². The molecule has 1 fully saturated rings. The van der Waals surface area contributed by atoms with E-state index >= 15 is 0 Å². The van der Waals surface area contributed by atoms with Crippen LogP contribution in [-0.4, -0.2) is 60.4 Å². The molecule has 36 heavy (non-hydrogen) atoms. The quantitative estimate of drug-likeness (QED) is 0.440. The third kappa shape index (κ3) is 6.32. The second-order valence-corrected chi connectivity index (χ2v) is 10.2. The van der Waals surface area contributed by atoms with Crippen molar-refractivity contribution >= 4 is 23.2 Å². The van der Waals surface area contributed by atoms with Crippen molar-refractivity contribution in [2.75, 3.05) is 26.7 Å². The fourth-order valence-electron chi connectivity index (χ4n) is 4.63. The highest BCUT2D eigenvalue weighted by molar-refractivity contribution is 7.09. The number of ether oxygens (including phenoxy) is 1. The number of nitrogens with zero attached hydrogens (tertiary/aromatic N) is 2. The van der Waals surface area contributed by atoms with Gasteiger partial charge in [0.1, 0.15) is 11.8 Å². The number of amides is 2. The Bertz CT molecular complexity index is 1150. The third-order valence-corrected chi connectivity index (χ3v) is 7.43. The molecule has 1 aliphatic heterocycles. The van der Waals surface area contributed by atoms with Crippen LogP contribution in [0.2, 0.25) is 0 Å². The molecule has 0 spiro atoms. The van der Waals surface area contributed by atoms with Gasteiger partial charge in [0.2, 0.25) is 5.91 Å². The number of carbonyl (C=O) groups is 2. The molecule has 2 amide bonds. The number of nitrogens with one attached hydrogen (secondary N) is 1. The van der Waals surface area contributed by atoms with E-state index in [2.05, 4.69) is 58.9 Å². The topological polar surface area (TPSA) is 87.9 Å². The molecule has 1 aliphatic rings. The minimum Gasteiger partial charge on any atom is -0.497 e. The van der Waals surface area contributed by atoms with Crippen molar-refractivity contribution in [2.24, 2.45) is 5.73 Å². The van der Waals surface area contributed by atoms with Crippen LogP contribution in [0.1, 0.15) is 32.8 Å². The second-order valence-electron chi connectivity index (χ2n) is 9.14. The molecule has 1 saturated heterocycles. The van der Waals surface area contributed by atoms with Gasteiger partial charge in [-0.2, -0.15) is 0 Å². The van der Waals surface area contributed by atoms with Gasteiger partial charge in [-0.25, -0.2) is 0 Å². The zero-order valence-corrected chi connectivity index (χ0v) is 21.7. The molecule has 0 saturated carbocycles. The van der Waals surface area contributed by atoms with Crippen LogP contribution in [0.25, 0.3) is 0 Å². The van der Waals surface area contributed by atoms with E-state index in [1.54, 1.807) is 47.6 Å². The summed E-state index contributed by atoms with van der Waals surface area (Å²) in [6, 6.07) is 19.3. The average Bonchev–Trinajstić information content (AvgIpc) is 3.58. The predicted molar refractivity (Wildman–Crippen MR) is 143 cm³/mol. The number of benzene rings is 2. The summed E-state index contributed by atoms with van der Waals surface area (Å²) >= 11 is 1.72. The molecule has 1 aromatic heterocycles. The Morgan fingerprint density at radius 1 is 1.14 bits per heavy atom. The highest BCUT2D eigenvalue weighted by Crippen LogP contribution is 2.29. The number of thiophene rings is 1. The van der Waals surface area contributed by atoms with Crippen molar-refractivity contribution < 1.29 is 14.3 Å². The largest absolute Gasteiger partial charge is 0.497 e. The minimum atomic E-state index is -0.566. The second kappa shape index (κ2) is 12.2. The smallest absolute Gasteiger partial charge is 0.254 e. The van der Waals surface area contributed by atoms with Crippen molar-refractivity contribution in [3.05, 3.63) is 87.6 Å². The van der Waals surface area contributed by atoms with E-state index < -0.39 is 6.04 Å². The standard InChI is InChI=1S/C28H34N4O3S/c1-20-8-10-21(11-9-20)17-31(19-25-7-4-14-36-25)23-16-26(27(33)30-13-12-29)32(18-23)28(34)22-5-3-6-24(15-22)35-2/h3-11,14-15,23,26H,12-13,16-19,29H2,1-2H3,(H,30,33). The summed E-state index contributed by atoms with van der Waals surface area (Å²) in [5.74, 6) is 0.278. The van der Waals surface area contributed by atoms with Crippen LogP contribution in [0, 0.1) is 6.92 Å². The van der Waals surface area contributed by atoms with Gasteiger partial charge in [0.05, 0.1) is 7.11 Å². The summed E-state index contributed by atoms with van der Waals surface area (Å²) in [7, 11) is 1.58. The molecule has 190 valence electrons. The van der Waals surface area contributed by atoms with E-state index in [-0.39, 0.29) is 17.9 Å². The summed E-state index contributed by atoms with van der Waals surface area (Å²) in [5, 5.41) is 4.97. The van der Waals surface area contributed by atoms with Crippen LogP contribution >= 0.6 is 11.3 Å². The molecule has 7 nitrogen and oxygen atoms in total. The maximum Gasteiger partial charge on any atom is 0.254 e. The number of likely N-dealkylation sites (tertiary alicyclic amines) is 1. The van der Waals surface area contributed by atoms with Gasteiger partial charge in [0.25, 0.3) is 5.91 Å². The fraction of sp³-hybridized carbons (Fsp3) is 0.357. The van der Waals surface area contributed by atoms with Gasteiger partial charge in [-0.3, -0.25) is 14.5 Å². The number of hydrogen-bond acceptors (Lipinski definition) is 6. The molecule has 3 N–H and O–H groups in total. The third-order valence-electron chi connectivity index (χ3n) is 6.56. The molecule has 2 aromatic carbocycles. The Morgan fingerprint density at radius 2 is 1.94 bits per heavy atom. The molecule has 0 bridgehead atoms. The number of carbonyl (C=O) groups excluding carboxylic acids is 2. The summed E-state index contributed by atoms with van der Waals surface area (Å²) in [4.78, 5) is 32.1. The highest BCUT2D eigenvalue weighted by Gasteiger charge is 2.42. The van der Waals surface area contributed by atoms with Crippen LogP contribution in [0.3, 0.4) is 0 Å². The number of nitrogens with two attached hydrogens (primary N) is 1. The highest BCUT2D eigenvalue weighted by atomic mass is 32.1. The molecule has 8 heteroatoms. The Morgan fingerprint density at radius 3 is 2.64 bits per heavy atom. The van der Waals surface area contributed by atoms with E-state index in [4.69, 9.17) is 10.5 Å². The van der Waals surface area contributed by atoms with Crippen molar-refractivity contribution in [3.63, 3.8) is 0 Å². The van der Waals surface area contributed by atoms with Gasteiger partial charge in [-0.15, -0.1) is 11.3 Å². The lowest BCUT2D eigenvalue weighted by molar-refractivity contribution is -0.124. The molecular formula is C28H34N4O3S. The lowest BCUT2D eigenvalue weighted by atomic mass is 10.1. The van der Waals surface area contributed by atoms with Gasteiger partial charge < -0.3 is 20.7 Å². The molecular weight excluding hydrogens is 472 g/mol. The maximum atomic E-state index is 13.6. The normalized spacial score (nSPS) is 17.4. The molecule has 2 atom stereocenters. The molecule has 3 aromatic rings.